The fourth-order valence-electron chi connectivity index (χ4n) is 0.525. The minimum Gasteiger partial charge on any atom is -0.346 e. The van der Waals surface area contributed by atoms with E-state index in [0.29, 0.717) is 12.5 Å². The first kappa shape index (κ1) is 6.33. The molecule has 1 atom stereocenters. The molecule has 1 aliphatic heterocycles. The van der Waals surface area contributed by atoms with Crippen LogP contribution in [0.15, 0.2) is 0 Å². The molecule has 3 heteroatoms. The van der Waals surface area contributed by atoms with Gasteiger partial charge in [0.1, 0.15) is 6.61 Å². The minimum absolute atomic E-state index is 0.378. The fourth-order valence-corrected chi connectivity index (χ4v) is 0.665. The summed E-state index contributed by atoms with van der Waals surface area (Å²) in [6.07, 6.45) is 0. The Morgan fingerprint density at radius 3 is 2.88 bits per heavy atom. The molecular weight excluding hydrogens is 128 g/mol. The third-order valence-corrected chi connectivity index (χ3v) is 1.52. The van der Waals surface area contributed by atoms with Crippen LogP contribution in [0.3, 0.4) is 0 Å². The van der Waals surface area contributed by atoms with Crippen LogP contribution in [0.25, 0.3) is 0 Å². The van der Waals surface area contributed by atoms with Crippen molar-refractivity contribution >= 4 is 11.6 Å². The van der Waals surface area contributed by atoms with E-state index in [0.717, 1.165) is 0 Å². The molecule has 0 aliphatic carbocycles. The average molecular weight is 136 g/mol. The molecule has 1 fully saturated rings. The summed E-state index contributed by atoms with van der Waals surface area (Å²) >= 11 is 5.48. The number of alkyl halides is 1. The molecule has 2 nitrogen and oxygen atoms in total. The number of rotatable bonds is 1. The van der Waals surface area contributed by atoms with Crippen molar-refractivity contribution in [1.82, 2.24) is 0 Å². The Balaban J connectivity index is 2.40. The highest BCUT2D eigenvalue weighted by Crippen LogP contribution is 2.21. The van der Waals surface area contributed by atoms with E-state index in [1.54, 1.807) is 6.61 Å². The van der Waals surface area contributed by atoms with Gasteiger partial charge in [-0.25, -0.2) is 0 Å². The predicted molar refractivity (Wildman–Crippen MR) is 30.5 cm³/mol. The number of hydrogen-bond donors (Lipinski definition) is 0. The Hall–Kier alpha value is 0.210. The standard InChI is InChI=1S/C5H8ClO2/c1-5(4-6)7-2-3-8-5/h2H,3-4H2,1H3. The van der Waals surface area contributed by atoms with Crippen molar-refractivity contribution in [3.8, 4) is 0 Å². The molecule has 0 aromatic rings. The van der Waals surface area contributed by atoms with E-state index in [-0.39, 0.29) is 0 Å². The van der Waals surface area contributed by atoms with Gasteiger partial charge in [-0.3, -0.25) is 0 Å². The van der Waals surface area contributed by atoms with Gasteiger partial charge in [0.2, 0.25) is 0 Å². The molecule has 1 saturated heterocycles. The second kappa shape index (κ2) is 2.21. The maximum Gasteiger partial charge on any atom is 0.179 e. The number of halogens is 1. The maximum absolute atomic E-state index is 5.48. The molecule has 0 spiro atoms. The lowest BCUT2D eigenvalue weighted by molar-refractivity contribution is -0.114. The summed E-state index contributed by atoms with van der Waals surface area (Å²) in [6, 6.07) is 0. The highest BCUT2D eigenvalue weighted by atomic mass is 35.5. The molecule has 1 rings (SSSR count). The van der Waals surface area contributed by atoms with Crippen LogP contribution < -0.4 is 0 Å². The molecule has 0 amide bonds. The van der Waals surface area contributed by atoms with Gasteiger partial charge in [-0.15, -0.1) is 11.6 Å². The van der Waals surface area contributed by atoms with Gasteiger partial charge in [-0.05, 0) is 6.92 Å². The first-order valence-electron chi connectivity index (χ1n) is 2.46. The largest absolute Gasteiger partial charge is 0.346 e. The highest BCUT2D eigenvalue weighted by molar-refractivity contribution is 6.18. The molecule has 47 valence electrons. The topological polar surface area (TPSA) is 18.5 Å². The molecule has 0 aromatic heterocycles. The predicted octanol–water partition coefficient (Wildman–Crippen LogP) is 1.15. The van der Waals surface area contributed by atoms with Crippen molar-refractivity contribution in [2.24, 2.45) is 0 Å². The first-order chi connectivity index (χ1) is 3.77. The average Bonchev–Trinajstić information content (AvgIpc) is 2.17. The third kappa shape index (κ3) is 1.13. The van der Waals surface area contributed by atoms with E-state index in [9.17, 15) is 0 Å². The van der Waals surface area contributed by atoms with Crippen molar-refractivity contribution in [2.75, 3.05) is 12.5 Å². The van der Waals surface area contributed by atoms with E-state index >= 15 is 0 Å². The van der Waals surface area contributed by atoms with E-state index in [4.69, 9.17) is 21.1 Å². The third-order valence-electron chi connectivity index (χ3n) is 1.03. The lowest BCUT2D eigenvalue weighted by atomic mass is 10.4. The Labute approximate surface area is 53.7 Å². The Bertz CT molecular complexity index is 78.5. The molecule has 1 aliphatic rings. The molecule has 1 radical (unpaired) electrons. The van der Waals surface area contributed by atoms with Crippen LogP contribution >= 0.6 is 11.6 Å². The van der Waals surface area contributed by atoms with Crippen LogP contribution in [0.2, 0.25) is 0 Å². The molecular formula is C5H8ClO2. The monoisotopic (exact) mass is 135 g/mol. The van der Waals surface area contributed by atoms with E-state index in [1.165, 1.54) is 0 Å². The molecule has 0 N–H and O–H groups in total. The fraction of sp³-hybridized carbons (Fsp3) is 0.800. The van der Waals surface area contributed by atoms with Crippen LogP contribution in [0, 0.1) is 6.61 Å². The smallest absolute Gasteiger partial charge is 0.179 e. The molecule has 0 saturated carbocycles. The van der Waals surface area contributed by atoms with Crippen molar-refractivity contribution in [1.29, 1.82) is 0 Å². The molecule has 0 aromatic carbocycles. The summed E-state index contributed by atoms with van der Waals surface area (Å²) in [4.78, 5) is 0. The lowest BCUT2D eigenvalue weighted by Crippen LogP contribution is -2.26. The maximum atomic E-state index is 5.48. The van der Waals surface area contributed by atoms with E-state index in [2.05, 4.69) is 0 Å². The molecule has 1 unspecified atom stereocenters. The molecule has 0 bridgehead atoms. The number of hydrogen-bond acceptors (Lipinski definition) is 2. The molecule has 8 heavy (non-hydrogen) atoms. The van der Waals surface area contributed by atoms with Crippen LogP contribution in [0.1, 0.15) is 6.92 Å². The van der Waals surface area contributed by atoms with E-state index in [1.807, 2.05) is 6.92 Å². The zero-order valence-corrected chi connectivity index (χ0v) is 5.44. The second-order valence-electron chi connectivity index (χ2n) is 1.86. The lowest BCUT2D eigenvalue weighted by Gasteiger charge is -2.17. The highest BCUT2D eigenvalue weighted by Gasteiger charge is 2.29. The van der Waals surface area contributed by atoms with Gasteiger partial charge in [0.05, 0.1) is 12.5 Å². The Morgan fingerprint density at radius 2 is 2.62 bits per heavy atom. The van der Waals surface area contributed by atoms with E-state index < -0.39 is 5.79 Å². The van der Waals surface area contributed by atoms with Crippen molar-refractivity contribution in [3.63, 3.8) is 0 Å². The van der Waals surface area contributed by atoms with Gasteiger partial charge in [-0.1, -0.05) is 0 Å². The second-order valence-corrected chi connectivity index (χ2v) is 2.13. The van der Waals surface area contributed by atoms with Crippen molar-refractivity contribution in [3.05, 3.63) is 6.61 Å². The summed E-state index contributed by atoms with van der Waals surface area (Å²) in [5, 5.41) is 0. The summed E-state index contributed by atoms with van der Waals surface area (Å²) in [5.74, 6) is -0.176. The van der Waals surface area contributed by atoms with Crippen LogP contribution in [-0.4, -0.2) is 18.3 Å². The zero-order chi connectivity index (χ0) is 6.04. The van der Waals surface area contributed by atoms with Crippen LogP contribution in [0.5, 0.6) is 0 Å². The summed E-state index contributed by atoms with van der Waals surface area (Å²) in [5.41, 5.74) is 0. The quantitative estimate of drug-likeness (QED) is 0.503. The van der Waals surface area contributed by atoms with Crippen LogP contribution in [0.4, 0.5) is 0 Å². The van der Waals surface area contributed by atoms with Gasteiger partial charge >= 0.3 is 0 Å². The summed E-state index contributed by atoms with van der Waals surface area (Å²) in [7, 11) is 0. The molecule has 1 heterocycles. The SMILES string of the molecule is CC1(CCl)O[CH]CO1. The summed E-state index contributed by atoms with van der Waals surface area (Å²) in [6.45, 7) is 3.97. The van der Waals surface area contributed by atoms with Gasteiger partial charge in [-0.2, -0.15) is 0 Å². The summed E-state index contributed by atoms with van der Waals surface area (Å²) < 4.78 is 10.1. The van der Waals surface area contributed by atoms with Gasteiger partial charge in [0.15, 0.2) is 5.79 Å². The number of ether oxygens (including phenoxy) is 2. The van der Waals surface area contributed by atoms with Gasteiger partial charge in [0.25, 0.3) is 0 Å². The van der Waals surface area contributed by atoms with Crippen molar-refractivity contribution < 1.29 is 9.47 Å². The zero-order valence-electron chi connectivity index (χ0n) is 4.69. The van der Waals surface area contributed by atoms with Gasteiger partial charge in [0, 0.05) is 0 Å². The van der Waals surface area contributed by atoms with Gasteiger partial charge < -0.3 is 9.47 Å². The minimum atomic E-state index is -0.554. The Kier molecular flexibility index (Phi) is 1.75. The Morgan fingerprint density at radius 1 is 1.88 bits per heavy atom. The van der Waals surface area contributed by atoms with Crippen LogP contribution in [-0.2, 0) is 9.47 Å². The first-order valence-corrected chi connectivity index (χ1v) is 3.00. The van der Waals surface area contributed by atoms with Crippen molar-refractivity contribution in [2.45, 2.75) is 12.7 Å². The normalized spacial score (nSPS) is 26.2.